The number of rotatable bonds is 7. The van der Waals surface area contributed by atoms with Gasteiger partial charge in [-0.1, -0.05) is 6.92 Å². The molecule has 1 rings (SSSR count). The summed E-state index contributed by atoms with van der Waals surface area (Å²) in [6, 6.07) is 0.246. The topological polar surface area (TPSA) is 60.2 Å². The molecule has 1 aromatic heterocycles. The zero-order valence-electron chi connectivity index (χ0n) is 11.6. The highest BCUT2D eigenvalue weighted by Crippen LogP contribution is 2.06. The molecule has 0 aromatic carbocycles. The monoisotopic (exact) mass is 254 g/mol. The van der Waals surface area contributed by atoms with Crippen molar-refractivity contribution in [1.29, 1.82) is 0 Å². The fourth-order valence-corrected chi connectivity index (χ4v) is 1.64. The average molecular weight is 254 g/mol. The molecule has 18 heavy (non-hydrogen) atoms. The van der Waals surface area contributed by atoms with Crippen LogP contribution in [0.5, 0.6) is 0 Å². The highest BCUT2D eigenvalue weighted by Gasteiger charge is 2.17. The summed E-state index contributed by atoms with van der Waals surface area (Å²) >= 11 is 0. The van der Waals surface area contributed by atoms with Crippen molar-refractivity contribution in [3.05, 3.63) is 12.2 Å². The lowest BCUT2D eigenvalue weighted by atomic mass is 10.3. The van der Waals surface area contributed by atoms with Gasteiger partial charge in [0.25, 0.3) is 0 Å². The molecule has 0 aliphatic rings. The molecule has 102 valence electrons. The average Bonchev–Trinajstić information content (AvgIpc) is 2.76. The van der Waals surface area contributed by atoms with Gasteiger partial charge in [0.15, 0.2) is 0 Å². The fourth-order valence-electron chi connectivity index (χ4n) is 1.64. The van der Waals surface area contributed by atoms with Crippen LogP contribution in [0.4, 0.5) is 0 Å². The minimum atomic E-state index is -0.231. The van der Waals surface area contributed by atoms with Gasteiger partial charge in [0.1, 0.15) is 12.2 Å². The first-order valence-electron chi connectivity index (χ1n) is 6.26. The SMILES string of the molecule is CCCn1ncnc1CN(CC(=O)OC)C(C)C. The van der Waals surface area contributed by atoms with Gasteiger partial charge < -0.3 is 4.74 Å². The van der Waals surface area contributed by atoms with Crippen molar-refractivity contribution >= 4 is 5.97 Å². The second kappa shape index (κ2) is 7.10. The predicted octanol–water partition coefficient (Wildman–Crippen LogP) is 1.07. The molecule has 0 amide bonds. The number of carbonyl (C=O) groups is 1. The van der Waals surface area contributed by atoms with Crippen LogP contribution in [0.3, 0.4) is 0 Å². The van der Waals surface area contributed by atoms with Crippen LogP contribution in [0.15, 0.2) is 6.33 Å². The minimum Gasteiger partial charge on any atom is -0.468 e. The Bertz CT molecular complexity index is 376. The molecule has 1 heterocycles. The van der Waals surface area contributed by atoms with E-state index >= 15 is 0 Å². The lowest BCUT2D eigenvalue weighted by molar-refractivity contribution is -0.142. The number of aromatic nitrogens is 3. The van der Waals surface area contributed by atoms with Crippen molar-refractivity contribution in [2.24, 2.45) is 0 Å². The van der Waals surface area contributed by atoms with Crippen molar-refractivity contribution in [3.63, 3.8) is 0 Å². The van der Waals surface area contributed by atoms with E-state index in [2.05, 4.69) is 17.0 Å². The van der Waals surface area contributed by atoms with Gasteiger partial charge in [0.2, 0.25) is 0 Å². The van der Waals surface area contributed by atoms with E-state index in [9.17, 15) is 4.79 Å². The molecule has 0 bridgehead atoms. The largest absolute Gasteiger partial charge is 0.468 e. The van der Waals surface area contributed by atoms with Crippen LogP contribution in [-0.4, -0.2) is 45.3 Å². The van der Waals surface area contributed by atoms with Crippen molar-refractivity contribution in [1.82, 2.24) is 19.7 Å². The van der Waals surface area contributed by atoms with E-state index in [0.717, 1.165) is 18.8 Å². The second-order valence-corrected chi connectivity index (χ2v) is 4.47. The number of aryl methyl sites for hydroxylation is 1. The summed E-state index contributed by atoms with van der Waals surface area (Å²) in [4.78, 5) is 17.6. The van der Waals surface area contributed by atoms with Gasteiger partial charge in [-0.2, -0.15) is 5.10 Å². The van der Waals surface area contributed by atoms with Crippen LogP contribution < -0.4 is 0 Å². The van der Waals surface area contributed by atoms with Gasteiger partial charge in [0.05, 0.1) is 20.2 Å². The Morgan fingerprint density at radius 1 is 1.56 bits per heavy atom. The summed E-state index contributed by atoms with van der Waals surface area (Å²) in [7, 11) is 1.40. The molecule has 0 atom stereocenters. The van der Waals surface area contributed by atoms with Crippen LogP contribution in [-0.2, 0) is 22.6 Å². The summed E-state index contributed by atoms with van der Waals surface area (Å²) < 4.78 is 6.59. The molecule has 0 fully saturated rings. The van der Waals surface area contributed by atoms with E-state index in [4.69, 9.17) is 4.74 Å². The van der Waals surface area contributed by atoms with Gasteiger partial charge in [-0.15, -0.1) is 0 Å². The van der Waals surface area contributed by atoms with Crippen molar-refractivity contribution in [2.75, 3.05) is 13.7 Å². The summed E-state index contributed by atoms with van der Waals surface area (Å²) in [5.74, 6) is 0.653. The standard InChI is InChI=1S/C12H22N4O2/c1-5-6-16-11(13-9-14-16)7-15(10(2)3)8-12(17)18-4/h9-10H,5-8H2,1-4H3. The Labute approximate surface area is 108 Å². The highest BCUT2D eigenvalue weighted by molar-refractivity contribution is 5.71. The molecule has 0 unspecified atom stereocenters. The first-order valence-corrected chi connectivity index (χ1v) is 6.26. The quantitative estimate of drug-likeness (QED) is 0.681. The van der Waals surface area contributed by atoms with E-state index in [1.165, 1.54) is 7.11 Å². The maximum atomic E-state index is 11.4. The van der Waals surface area contributed by atoms with Crippen molar-refractivity contribution in [2.45, 2.75) is 46.3 Å². The molecule has 0 saturated carbocycles. The predicted molar refractivity (Wildman–Crippen MR) is 67.9 cm³/mol. The summed E-state index contributed by atoms with van der Waals surface area (Å²) in [5, 5.41) is 4.18. The van der Waals surface area contributed by atoms with Gasteiger partial charge in [-0.05, 0) is 20.3 Å². The van der Waals surface area contributed by atoms with Gasteiger partial charge in [-0.3, -0.25) is 9.69 Å². The molecular weight excluding hydrogens is 232 g/mol. The summed E-state index contributed by atoms with van der Waals surface area (Å²) in [5.41, 5.74) is 0. The third-order valence-corrected chi connectivity index (χ3v) is 2.77. The number of carbonyl (C=O) groups excluding carboxylic acids is 1. The lowest BCUT2D eigenvalue weighted by Gasteiger charge is -2.24. The second-order valence-electron chi connectivity index (χ2n) is 4.47. The van der Waals surface area contributed by atoms with E-state index in [-0.39, 0.29) is 18.6 Å². The molecular formula is C12H22N4O2. The summed E-state index contributed by atoms with van der Waals surface area (Å²) in [6.07, 6.45) is 2.57. The Hall–Kier alpha value is -1.43. The van der Waals surface area contributed by atoms with Crippen LogP contribution in [0.2, 0.25) is 0 Å². The van der Waals surface area contributed by atoms with Crippen molar-refractivity contribution < 1.29 is 9.53 Å². The van der Waals surface area contributed by atoms with E-state index < -0.39 is 0 Å². The van der Waals surface area contributed by atoms with E-state index in [1.807, 2.05) is 23.4 Å². The Kier molecular flexibility index (Phi) is 5.77. The zero-order chi connectivity index (χ0) is 13.5. The number of hydrogen-bond acceptors (Lipinski definition) is 5. The van der Waals surface area contributed by atoms with Gasteiger partial charge >= 0.3 is 5.97 Å². The van der Waals surface area contributed by atoms with Gasteiger partial charge in [0, 0.05) is 12.6 Å². The Morgan fingerprint density at radius 3 is 2.83 bits per heavy atom. The molecule has 0 aliphatic carbocycles. The molecule has 0 aliphatic heterocycles. The summed E-state index contributed by atoms with van der Waals surface area (Å²) in [6.45, 7) is 7.91. The Morgan fingerprint density at radius 2 is 2.28 bits per heavy atom. The highest BCUT2D eigenvalue weighted by atomic mass is 16.5. The third kappa shape index (κ3) is 4.10. The first-order chi connectivity index (χ1) is 8.58. The van der Waals surface area contributed by atoms with Crippen LogP contribution in [0, 0.1) is 0 Å². The van der Waals surface area contributed by atoms with E-state index in [0.29, 0.717) is 6.54 Å². The van der Waals surface area contributed by atoms with E-state index in [1.54, 1.807) is 6.33 Å². The Balaban J connectivity index is 2.70. The molecule has 6 heteroatoms. The minimum absolute atomic E-state index is 0.231. The molecule has 0 radical (unpaired) electrons. The maximum absolute atomic E-state index is 11.4. The molecule has 6 nitrogen and oxygen atoms in total. The zero-order valence-corrected chi connectivity index (χ0v) is 11.6. The van der Waals surface area contributed by atoms with Crippen LogP contribution >= 0.6 is 0 Å². The fraction of sp³-hybridized carbons (Fsp3) is 0.750. The third-order valence-electron chi connectivity index (χ3n) is 2.77. The lowest BCUT2D eigenvalue weighted by Crippen LogP contribution is -2.36. The smallest absolute Gasteiger partial charge is 0.319 e. The molecule has 0 N–H and O–H groups in total. The van der Waals surface area contributed by atoms with Crippen LogP contribution in [0.1, 0.15) is 33.0 Å². The number of nitrogens with zero attached hydrogens (tertiary/aromatic N) is 4. The maximum Gasteiger partial charge on any atom is 0.319 e. The number of esters is 1. The first kappa shape index (κ1) is 14.6. The number of ether oxygens (including phenoxy) is 1. The van der Waals surface area contributed by atoms with Gasteiger partial charge in [-0.25, -0.2) is 9.67 Å². The number of methoxy groups -OCH3 is 1. The normalized spacial score (nSPS) is 11.2. The molecule has 0 spiro atoms. The molecule has 0 saturated heterocycles. The van der Waals surface area contributed by atoms with Crippen molar-refractivity contribution in [3.8, 4) is 0 Å². The number of hydrogen-bond donors (Lipinski definition) is 0. The van der Waals surface area contributed by atoms with Crippen LogP contribution in [0.25, 0.3) is 0 Å². The molecule has 1 aromatic rings.